The van der Waals surface area contributed by atoms with E-state index in [9.17, 15) is 0 Å². The van der Waals surface area contributed by atoms with Crippen LogP contribution in [0.3, 0.4) is 0 Å². The molecule has 0 saturated heterocycles. The Bertz CT molecular complexity index is 2820. The number of anilines is 6. The summed E-state index contributed by atoms with van der Waals surface area (Å²) in [6, 6.07) is 87.0. The highest BCUT2D eigenvalue weighted by Crippen LogP contribution is 2.40. The average molecular weight is 781 g/mol. The first-order valence-corrected chi connectivity index (χ1v) is 21.0. The molecule has 0 heterocycles. The monoisotopic (exact) mass is 780 g/mol. The fourth-order valence-corrected chi connectivity index (χ4v) is 8.34. The van der Waals surface area contributed by atoms with Crippen LogP contribution < -0.4 is 9.80 Å². The molecule has 1 aliphatic carbocycles. The minimum atomic E-state index is 0.940. The molecule has 2 nitrogen and oxygen atoms in total. The summed E-state index contributed by atoms with van der Waals surface area (Å²) >= 11 is 0. The number of rotatable bonds is 11. The maximum Gasteiger partial charge on any atom is 0.0462 e. The van der Waals surface area contributed by atoms with Gasteiger partial charge in [0, 0.05) is 34.1 Å². The van der Waals surface area contributed by atoms with Gasteiger partial charge < -0.3 is 9.80 Å². The van der Waals surface area contributed by atoms with Gasteiger partial charge in [-0.25, -0.2) is 0 Å². The summed E-state index contributed by atoms with van der Waals surface area (Å²) < 4.78 is 0. The fourth-order valence-electron chi connectivity index (χ4n) is 8.34. The lowest BCUT2D eigenvalue weighted by atomic mass is 9.98. The molecule has 0 aliphatic heterocycles. The van der Waals surface area contributed by atoms with Crippen LogP contribution in [-0.4, -0.2) is 0 Å². The quantitative estimate of drug-likeness (QED) is 0.129. The first kappa shape index (κ1) is 37.3. The van der Waals surface area contributed by atoms with Crippen LogP contribution >= 0.6 is 0 Å². The Balaban J connectivity index is 0.916. The van der Waals surface area contributed by atoms with E-state index in [1.807, 2.05) is 0 Å². The Morgan fingerprint density at radius 1 is 0.197 bits per heavy atom. The molecule has 0 amide bonds. The van der Waals surface area contributed by atoms with E-state index in [-0.39, 0.29) is 0 Å². The third kappa shape index (κ3) is 8.08. The van der Waals surface area contributed by atoms with Gasteiger partial charge in [0.1, 0.15) is 0 Å². The van der Waals surface area contributed by atoms with Crippen LogP contribution in [0.2, 0.25) is 0 Å². The summed E-state index contributed by atoms with van der Waals surface area (Å²) in [5.74, 6) is 0. The molecule has 0 N–H and O–H groups in total. The summed E-state index contributed by atoms with van der Waals surface area (Å²) in [6.07, 6.45) is 5.47. The van der Waals surface area contributed by atoms with Gasteiger partial charge in [-0.1, -0.05) is 182 Å². The van der Waals surface area contributed by atoms with Gasteiger partial charge in [0.15, 0.2) is 0 Å². The molecule has 10 rings (SSSR count). The van der Waals surface area contributed by atoms with Crippen molar-refractivity contribution in [3.63, 3.8) is 0 Å². The van der Waals surface area contributed by atoms with Crippen molar-refractivity contribution in [2.45, 2.75) is 6.42 Å². The zero-order valence-electron chi connectivity index (χ0n) is 33.9. The van der Waals surface area contributed by atoms with Gasteiger partial charge in [0.05, 0.1) is 0 Å². The summed E-state index contributed by atoms with van der Waals surface area (Å²) in [6.45, 7) is 0. The van der Waals surface area contributed by atoms with E-state index in [4.69, 9.17) is 0 Å². The zero-order valence-corrected chi connectivity index (χ0v) is 33.9. The number of benzene rings is 9. The zero-order chi connectivity index (χ0) is 40.8. The third-order valence-electron chi connectivity index (χ3n) is 11.6. The summed E-state index contributed by atoms with van der Waals surface area (Å²) in [5.41, 5.74) is 19.0. The lowest BCUT2D eigenvalue weighted by Crippen LogP contribution is -2.10. The van der Waals surface area contributed by atoms with Crippen LogP contribution in [0.5, 0.6) is 0 Å². The molecule has 0 unspecified atom stereocenters. The maximum absolute atomic E-state index is 2.33. The normalized spacial score (nSPS) is 12.1. The van der Waals surface area contributed by atoms with Crippen molar-refractivity contribution in [3.05, 3.63) is 266 Å². The topological polar surface area (TPSA) is 6.48 Å². The number of hydrogen-bond acceptors (Lipinski definition) is 2. The molecular formula is C59H44N2. The minimum absolute atomic E-state index is 0.940. The highest BCUT2D eigenvalue weighted by Gasteiger charge is 2.17. The molecule has 61 heavy (non-hydrogen) atoms. The van der Waals surface area contributed by atoms with Crippen LogP contribution in [0.4, 0.5) is 34.1 Å². The lowest BCUT2D eigenvalue weighted by molar-refractivity contribution is 1.28. The van der Waals surface area contributed by atoms with Gasteiger partial charge in [-0.05, 0) is 135 Å². The Kier molecular flexibility index (Phi) is 10.5. The van der Waals surface area contributed by atoms with Gasteiger partial charge in [-0.3, -0.25) is 0 Å². The Morgan fingerprint density at radius 2 is 0.410 bits per heavy atom. The molecule has 0 fully saturated rings. The van der Waals surface area contributed by atoms with E-state index in [0.29, 0.717) is 0 Å². The molecule has 0 atom stereocenters. The molecule has 290 valence electrons. The average Bonchev–Trinajstić information content (AvgIpc) is 3.85. The van der Waals surface area contributed by atoms with E-state index in [1.165, 1.54) is 50.1 Å². The molecule has 0 saturated carbocycles. The van der Waals surface area contributed by atoms with Crippen molar-refractivity contribution in [1.82, 2.24) is 0 Å². The van der Waals surface area contributed by atoms with Gasteiger partial charge in [-0.2, -0.15) is 0 Å². The van der Waals surface area contributed by atoms with Crippen LogP contribution in [0.15, 0.2) is 255 Å². The predicted octanol–water partition coefficient (Wildman–Crippen LogP) is 16.5. The van der Waals surface area contributed by atoms with Crippen molar-refractivity contribution in [3.8, 4) is 33.4 Å². The van der Waals surface area contributed by atoms with Crippen molar-refractivity contribution in [2.75, 3.05) is 9.80 Å². The predicted molar refractivity (Wildman–Crippen MR) is 259 cm³/mol. The van der Waals surface area contributed by atoms with Gasteiger partial charge in [0.2, 0.25) is 0 Å². The highest BCUT2D eigenvalue weighted by molar-refractivity contribution is 5.88. The SMILES string of the molecule is C1=C(c2ccccc2)CC(c2ccc(N(c3ccccc3)c3ccc(-c4ccc(N(c5ccc(-c6ccccc6)cc5)c5ccc(-c6ccccc6)cc5)cc4)cc3)cc2)=C1. The molecule has 2 heteroatoms. The van der Waals surface area contributed by atoms with E-state index < -0.39 is 0 Å². The standard InChI is InChI=1S/C59H44N2/c1-5-13-44(14-6-1)47-23-33-57(34-24-47)61(58-35-25-48(26-36-58)45-15-7-2-8-16-45)59-39-29-50(30-40-59)49-27-37-55(38-28-49)60(54-19-11-4-12-20-54)56-41-31-51(32-42-56)53-22-21-52(43-53)46-17-9-3-10-18-46/h1-42H,43H2. The van der Waals surface area contributed by atoms with Crippen LogP contribution in [-0.2, 0) is 0 Å². The number of para-hydroxylation sites is 1. The molecule has 9 aromatic carbocycles. The second-order valence-electron chi connectivity index (χ2n) is 15.4. The second-order valence-corrected chi connectivity index (χ2v) is 15.4. The summed E-state index contributed by atoms with van der Waals surface area (Å²) in [4.78, 5) is 4.67. The van der Waals surface area contributed by atoms with Crippen LogP contribution in [0.25, 0.3) is 44.5 Å². The molecule has 0 radical (unpaired) electrons. The highest BCUT2D eigenvalue weighted by atomic mass is 15.1. The first-order chi connectivity index (χ1) is 30.2. The van der Waals surface area contributed by atoms with E-state index in [2.05, 4.69) is 265 Å². The Labute approximate surface area is 359 Å². The number of allylic oxidation sites excluding steroid dienone is 4. The molecule has 0 spiro atoms. The molecule has 0 aromatic heterocycles. The first-order valence-electron chi connectivity index (χ1n) is 21.0. The van der Waals surface area contributed by atoms with E-state index >= 15 is 0 Å². The van der Waals surface area contributed by atoms with Crippen molar-refractivity contribution in [2.24, 2.45) is 0 Å². The van der Waals surface area contributed by atoms with Gasteiger partial charge in [-0.15, -0.1) is 0 Å². The van der Waals surface area contributed by atoms with Gasteiger partial charge in [0.25, 0.3) is 0 Å². The molecule has 9 aromatic rings. The number of hydrogen-bond donors (Lipinski definition) is 0. The molecule has 0 bridgehead atoms. The summed E-state index contributed by atoms with van der Waals surface area (Å²) in [7, 11) is 0. The smallest absolute Gasteiger partial charge is 0.0462 e. The van der Waals surface area contributed by atoms with Crippen molar-refractivity contribution < 1.29 is 0 Å². The van der Waals surface area contributed by atoms with E-state index in [0.717, 1.165) is 46.1 Å². The van der Waals surface area contributed by atoms with Crippen molar-refractivity contribution >= 4 is 45.3 Å². The second kappa shape index (κ2) is 17.1. The van der Waals surface area contributed by atoms with Gasteiger partial charge >= 0.3 is 0 Å². The third-order valence-corrected chi connectivity index (χ3v) is 11.6. The summed E-state index contributed by atoms with van der Waals surface area (Å²) in [5, 5.41) is 0. The Morgan fingerprint density at radius 3 is 0.721 bits per heavy atom. The molecule has 1 aliphatic rings. The Hall–Kier alpha value is -7.94. The molecular weight excluding hydrogens is 737 g/mol. The fraction of sp³-hybridized carbons (Fsp3) is 0.0169. The number of nitrogens with zero attached hydrogens (tertiary/aromatic N) is 2. The van der Waals surface area contributed by atoms with E-state index in [1.54, 1.807) is 0 Å². The largest absolute Gasteiger partial charge is 0.311 e. The van der Waals surface area contributed by atoms with Crippen LogP contribution in [0, 0.1) is 0 Å². The van der Waals surface area contributed by atoms with Crippen LogP contribution in [0.1, 0.15) is 17.5 Å². The maximum atomic E-state index is 2.33. The van der Waals surface area contributed by atoms with Crippen molar-refractivity contribution in [1.29, 1.82) is 0 Å². The minimum Gasteiger partial charge on any atom is -0.311 e. The lowest BCUT2D eigenvalue weighted by Gasteiger charge is -2.26.